The largest absolute Gasteiger partial charge is 0.465 e. The lowest BCUT2D eigenvalue weighted by molar-refractivity contribution is 0.0111. The number of hydrogen-bond donors (Lipinski definition) is 0. The van der Waals surface area contributed by atoms with E-state index in [1.54, 1.807) is 45.0 Å². The maximum atomic E-state index is 14.6. The van der Waals surface area contributed by atoms with Crippen molar-refractivity contribution in [3.05, 3.63) is 35.4 Å². The summed E-state index contributed by atoms with van der Waals surface area (Å²) in [5.74, 6) is -0.714. The van der Waals surface area contributed by atoms with Gasteiger partial charge in [-0.15, -0.1) is 0 Å². The highest BCUT2D eigenvalue weighted by molar-refractivity contribution is 5.89. The predicted molar refractivity (Wildman–Crippen MR) is 87.8 cm³/mol. The first kappa shape index (κ1) is 18.2. The van der Waals surface area contributed by atoms with Crippen molar-refractivity contribution in [1.29, 1.82) is 0 Å². The highest BCUT2D eigenvalue weighted by atomic mass is 19.1. The molecule has 24 heavy (non-hydrogen) atoms. The Morgan fingerprint density at radius 2 is 1.83 bits per heavy atom. The molecule has 1 aromatic rings. The number of alkyl halides is 1. The van der Waals surface area contributed by atoms with Gasteiger partial charge >= 0.3 is 12.1 Å². The summed E-state index contributed by atoms with van der Waals surface area (Å²) in [6, 6.07) is 6.75. The maximum absolute atomic E-state index is 14.6. The minimum Gasteiger partial charge on any atom is -0.465 e. The van der Waals surface area contributed by atoms with Crippen molar-refractivity contribution in [3.63, 3.8) is 0 Å². The van der Waals surface area contributed by atoms with E-state index < -0.39 is 23.8 Å². The third-order valence-electron chi connectivity index (χ3n) is 3.95. The molecular formula is C18H24FNO4. The quantitative estimate of drug-likeness (QED) is 0.775. The van der Waals surface area contributed by atoms with E-state index in [4.69, 9.17) is 4.74 Å². The zero-order valence-electron chi connectivity index (χ0n) is 14.5. The Hall–Kier alpha value is -2.11. The van der Waals surface area contributed by atoms with Crippen molar-refractivity contribution in [2.75, 3.05) is 20.2 Å². The van der Waals surface area contributed by atoms with E-state index in [2.05, 4.69) is 4.74 Å². The SMILES string of the molecule is COC(=O)c1ccc([C@@H]2CCN(C(=O)OC(C)(C)C)C[C@@H]2F)cc1. The Morgan fingerprint density at radius 1 is 1.21 bits per heavy atom. The number of nitrogens with zero attached hydrogens (tertiary/aromatic N) is 1. The normalized spacial score (nSPS) is 21.3. The first-order chi connectivity index (χ1) is 11.2. The summed E-state index contributed by atoms with van der Waals surface area (Å²) in [7, 11) is 1.32. The second-order valence-corrected chi connectivity index (χ2v) is 6.95. The molecule has 0 aromatic heterocycles. The van der Waals surface area contributed by atoms with Crippen LogP contribution in [0.25, 0.3) is 0 Å². The van der Waals surface area contributed by atoms with Crippen LogP contribution in [0.2, 0.25) is 0 Å². The summed E-state index contributed by atoms with van der Waals surface area (Å²) in [4.78, 5) is 24.9. The van der Waals surface area contributed by atoms with Gasteiger partial charge in [-0.2, -0.15) is 0 Å². The van der Waals surface area contributed by atoms with Crippen LogP contribution in [-0.2, 0) is 9.47 Å². The highest BCUT2D eigenvalue weighted by Crippen LogP contribution is 2.31. The van der Waals surface area contributed by atoms with Crippen molar-refractivity contribution < 1.29 is 23.5 Å². The van der Waals surface area contributed by atoms with Gasteiger partial charge in [0, 0.05) is 12.5 Å². The van der Waals surface area contributed by atoms with Gasteiger partial charge in [-0.05, 0) is 44.9 Å². The standard InChI is InChI=1S/C18H24FNO4/c1-18(2,3)24-17(22)20-10-9-14(15(19)11-20)12-5-7-13(8-6-12)16(21)23-4/h5-8,14-15H,9-11H2,1-4H3/t14-,15-/m0/s1. The van der Waals surface area contributed by atoms with Crippen LogP contribution in [0.3, 0.4) is 0 Å². The third-order valence-corrected chi connectivity index (χ3v) is 3.95. The fourth-order valence-corrected chi connectivity index (χ4v) is 2.76. The lowest BCUT2D eigenvalue weighted by atomic mass is 9.87. The minimum atomic E-state index is -1.17. The molecular weight excluding hydrogens is 313 g/mol. The maximum Gasteiger partial charge on any atom is 0.410 e. The highest BCUT2D eigenvalue weighted by Gasteiger charge is 2.34. The average molecular weight is 337 g/mol. The van der Waals surface area contributed by atoms with Crippen LogP contribution in [0, 0.1) is 0 Å². The van der Waals surface area contributed by atoms with E-state index in [-0.39, 0.29) is 12.5 Å². The van der Waals surface area contributed by atoms with Crippen LogP contribution in [0.5, 0.6) is 0 Å². The predicted octanol–water partition coefficient (Wildman–Crippen LogP) is 3.54. The third kappa shape index (κ3) is 4.46. The lowest BCUT2D eigenvalue weighted by Gasteiger charge is -2.35. The molecule has 1 fully saturated rings. The number of likely N-dealkylation sites (tertiary alicyclic amines) is 1. The number of ether oxygens (including phenoxy) is 2. The average Bonchev–Trinajstić information content (AvgIpc) is 2.52. The molecule has 1 aliphatic heterocycles. The van der Waals surface area contributed by atoms with Crippen molar-refractivity contribution in [2.45, 2.75) is 44.9 Å². The molecule has 1 saturated heterocycles. The second-order valence-electron chi connectivity index (χ2n) is 6.95. The zero-order valence-corrected chi connectivity index (χ0v) is 14.5. The molecule has 0 bridgehead atoms. The summed E-state index contributed by atoms with van der Waals surface area (Å²) in [6.45, 7) is 5.81. The molecule has 1 heterocycles. The van der Waals surface area contributed by atoms with Gasteiger partial charge in [0.25, 0.3) is 0 Å². The Kier molecular flexibility index (Phi) is 5.47. The molecule has 0 N–H and O–H groups in total. The lowest BCUT2D eigenvalue weighted by Crippen LogP contribution is -2.46. The van der Waals surface area contributed by atoms with E-state index in [9.17, 15) is 14.0 Å². The van der Waals surface area contributed by atoms with Gasteiger partial charge in [0.1, 0.15) is 11.8 Å². The smallest absolute Gasteiger partial charge is 0.410 e. The summed E-state index contributed by atoms with van der Waals surface area (Å²) in [5, 5.41) is 0. The van der Waals surface area contributed by atoms with Crippen molar-refractivity contribution in [1.82, 2.24) is 4.90 Å². The van der Waals surface area contributed by atoms with E-state index >= 15 is 0 Å². The van der Waals surface area contributed by atoms with Crippen LogP contribution in [0.4, 0.5) is 9.18 Å². The van der Waals surface area contributed by atoms with Gasteiger partial charge in [-0.25, -0.2) is 14.0 Å². The molecule has 0 radical (unpaired) electrons. The minimum absolute atomic E-state index is 0.0122. The molecule has 1 aliphatic rings. The van der Waals surface area contributed by atoms with Crippen molar-refractivity contribution in [3.8, 4) is 0 Å². The van der Waals surface area contributed by atoms with E-state index in [1.165, 1.54) is 12.0 Å². The second kappa shape index (κ2) is 7.20. The van der Waals surface area contributed by atoms with Gasteiger partial charge in [0.2, 0.25) is 0 Å². The number of methoxy groups -OCH3 is 1. The van der Waals surface area contributed by atoms with Gasteiger partial charge in [-0.3, -0.25) is 0 Å². The summed E-state index contributed by atoms with van der Waals surface area (Å²) >= 11 is 0. The summed E-state index contributed by atoms with van der Waals surface area (Å²) < 4.78 is 24.5. The Morgan fingerprint density at radius 3 is 2.33 bits per heavy atom. The number of rotatable bonds is 2. The Balaban J connectivity index is 2.01. The summed E-state index contributed by atoms with van der Waals surface area (Å²) in [5.41, 5.74) is 0.658. The van der Waals surface area contributed by atoms with Gasteiger partial charge in [0.05, 0.1) is 19.2 Å². The number of carbonyl (C=O) groups excluding carboxylic acids is 2. The van der Waals surface area contributed by atoms with Crippen LogP contribution in [0.1, 0.15) is 49.0 Å². The van der Waals surface area contributed by atoms with Crippen LogP contribution < -0.4 is 0 Å². The Labute approximate surface area is 141 Å². The fraction of sp³-hybridized carbons (Fsp3) is 0.556. The molecule has 5 nitrogen and oxygen atoms in total. The molecule has 0 aliphatic carbocycles. The van der Waals surface area contributed by atoms with E-state index in [0.717, 1.165) is 5.56 Å². The molecule has 0 saturated carbocycles. The molecule has 1 amide bonds. The fourth-order valence-electron chi connectivity index (χ4n) is 2.76. The molecule has 132 valence electrons. The zero-order chi connectivity index (χ0) is 17.9. The van der Waals surface area contributed by atoms with E-state index in [0.29, 0.717) is 18.5 Å². The van der Waals surface area contributed by atoms with Crippen LogP contribution in [0.15, 0.2) is 24.3 Å². The van der Waals surface area contributed by atoms with Crippen molar-refractivity contribution >= 4 is 12.1 Å². The van der Waals surface area contributed by atoms with Crippen molar-refractivity contribution in [2.24, 2.45) is 0 Å². The molecule has 6 heteroatoms. The molecule has 2 atom stereocenters. The van der Waals surface area contributed by atoms with Gasteiger partial charge in [-0.1, -0.05) is 12.1 Å². The number of piperidine rings is 1. The first-order valence-corrected chi connectivity index (χ1v) is 8.01. The molecule has 0 spiro atoms. The number of halogens is 1. The van der Waals surface area contributed by atoms with Gasteiger partial charge in [0.15, 0.2) is 0 Å². The molecule has 0 unspecified atom stereocenters. The topological polar surface area (TPSA) is 55.8 Å². The summed E-state index contributed by atoms with van der Waals surface area (Å²) in [6.07, 6.45) is -1.14. The number of esters is 1. The number of benzene rings is 1. The first-order valence-electron chi connectivity index (χ1n) is 8.01. The number of hydrogen-bond acceptors (Lipinski definition) is 4. The van der Waals surface area contributed by atoms with E-state index in [1.807, 2.05) is 0 Å². The molecule has 1 aromatic carbocycles. The monoisotopic (exact) mass is 337 g/mol. The molecule has 2 rings (SSSR count). The number of carbonyl (C=O) groups is 2. The van der Waals surface area contributed by atoms with Gasteiger partial charge < -0.3 is 14.4 Å². The Bertz CT molecular complexity index is 594. The number of amides is 1. The van der Waals surface area contributed by atoms with Crippen LogP contribution >= 0.6 is 0 Å². The van der Waals surface area contributed by atoms with Crippen LogP contribution in [-0.4, -0.2) is 48.9 Å².